The van der Waals surface area contributed by atoms with Crippen LogP contribution in [0.4, 0.5) is 0 Å². The van der Waals surface area contributed by atoms with Gasteiger partial charge in [0.25, 0.3) is 0 Å². The Hall–Kier alpha value is -0.910. The highest BCUT2D eigenvalue weighted by Crippen LogP contribution is 2.35. The number of sulfonamides is 1. The summed E-state index contributed by atoms with van der Waals surface area (Å²) in [5, 5.41) is 0. The van der Waals surface area contributed by atoms with E-state index in [1.165, 1.54) is 0 Å². The molecule has 1 aromatic rings. The molecule has 1 fully saturated rings. The quantitative estimate of drug-likeness (QED) is 0.898. The van der Waals surface area contributed by atoms with Crippen molar-refractivity contribution in [3.8, 4) is 0 Å². The van der Waals surface area contributed by atoms with Crippen LogP contribution < -0.4 is 10.5 Å². The number of benzene rings is 1. The Morgan fingerprint density at radius 1 is 1.29 bits per heavy atom. The summed E-state index contributed by atoms with van der Waals surface area (Å²) in [5.41, 5.74) is 7.62. The van der Waals surface area contributed by atoms with Crippen LogP contribution in [-0.2, 0) is 16.6 Å². The fourth-order valence-electron chi connectivity index (χ4n) is 2.97. The van der Waals surface area contributed by atoms with Crippen LogP contribution in [0.1, 0.15) is 50.7 Å². The molecule has 2 rings (SSSR count). The SMILES string of the molecule is Cc1c(CN)cccc1S(=O)(=O)NC1CCC(C)(C)CC1. The molecule has 1 aliphatic carbocycles. The molecule has 0 aromatic heterocycles. The van der Waals surface area contributed by atoms with Crippen molar-refractivity contribution in [3.05, 3.63) is 29.3 Å². The molecule has 1 saturated carbocycles. The molecule has 1 aromatic carbocycles. The predicted octanol–water partition coefficient (Wildman–Crippen LogP) is 2.70. The van der Waals surface area contributed by atoms with Crippen molar-refractivity contribution in [2.75, 3.05) is 0 Å². The molecule has 1 aliphatic rings. The molecule has 0 amide bonds. The van der Waals surface area contributed by atoms with E-state index in [1.54, 1.807) is 12.1 Å². The summed E-state index contributed by atoms with van der Waals surface area (Å²) >= 11 is 0. The molecule has 3 N–H and O–H groups in total. The van der Waals surface area contributed by atoms with Crippen molar-refractivity contribution in [1.82, 2.24) is 4.72 Å². The third-order valence-electron chi connectivity index (χ3n) is 4.57. The van der Waals surface area contributed by atoms with Crippen molar-refractivity contribution in [3.63, 3.8) is 0 Å². The van der Waals surface area contributed by atoms with E-state index in [-0.39, 0.29) is 6.04 Å². The number of nitrogens with one attached hydrogen (secondary N) is 1. The van der Waals surface area contributed by atoms with Crippen molar-refractivity contribution in [1.29, 1.82) is 0 Å². The first-order valence-corrected chi connectivity index (χ1v) is 9.04. The van der Waals surface area contributed by atoms with Crippen LogP contribution in [0.15, 0.2) is 23.1 Å². The van der Waals surface area contributed by atoms with Gasteiger partial charge in [0.15, 0.2) is 0 Å². The summed E-state index contributed by atoms with van der Waals surface area (Å²) in [7, 11) is -3.47. The minimum absolute atomic E-state index is 0.0453. The number of nitrogens with two attached hydrogens (primary N) is 1. The lowest BCUT2D eigenvalue weighted by atomic mass is 9.76. The van der Waals surface area contributed by atoms with Gasteiger partial charge in [-0.1, -0.05) is 26.0 Å². The number of hydrogen-bond acceptors (Lipinski definition) is 3. The average molecular weight is 310 g/mol. The van der Waals surface area contributed by atoms with E-state index in [4.69, 9.17) is 5.73 Å². The van der Waals surface area contributed by atoms with Crippen LogP contribution in [0.25, 0.3) is 0 Å². The predicted molar refractivity (Wildman–Crippen MR) is 85.4 cm³/mol. The maximum Gasteiger partial charge on any atom is 0.241 e. The standard InChI is InChI=1S/C16H26N2O2S/c1-12-13(11-17)5-4-6-15(12)21(19,20)18-14-7-9-16(2,3)10-8-14/h4-6,14,18H,7-11,17H2,1-3H3. The Labute approximate surface area is 128 Å². The molecule has 0 saturated heterocycles. The molecule has 21 heavy (non-hydrogen) atoms. The lowest BCUT2D eigenvalue weighted by Gasteiger charge is -2.34. The van der Waals surface area contributed by atoms with Gasteiger partial charge in [-0.25, -0.2) is 13.1 Å². The third-order valence-corrected chi connectivity index (χ3v) is 6.23. The zero-order valence-electron chi connectivity index (χ0n) is 13.1. The summed E-state index contributed by atoms with van der Waals surface area (Å²) in [6.45, 7) is 6.66. The largest absolute Gasteiger partial charge is 0.326 e. The third kappa shape index (κ3) is 3.84. The van der Waals surface area contributed by atoms with Gasteiger partial charge in [0.05, 0.1) is 4.90 Å². The van der Waals surface area contributed by atoms with Crippen LogP contribution in [0.2, 0.25) is 0 Å². The van der Waals surface area contributed by atoms with Crippen LogP contribution >= 0.6 is 0 Å². The van der Waals surface area contributed by atoms with Crippen molar-refractivity contribution < 1.29 is 8.42 Å². The first-order chi connectivity index (χ1) is 9.75. The Morgan fingerprint density at radius 3 is 2.48 bits per heavy atom. The highest BCUT2D eigenvalue weighted by atomic mass is 32.2. The Kier molecular flexibility index (Phi) is 4.76. The zero-order valence-corrected chi connectivity index (χ0v) is 14.0. The van der Waals surface area contributed by atoms with Crippen molar-refractivity contribution in [2.24, 2.45) is 11.1 Å². The van der Waals surface area contributed by atoms with Gasteiger partial charge in [-0.15, -0.1) is 0 Å². The summed E-state index contributed by atoms with van der Waals surface area (Å²) < 4.78 is 28.1. The number of hydrogen-bond donors (Lipinski definition) is 2. The van der Waals surface area contributed by atoms with Gasteiger partial charge in [0, 0.05) is 12.6 Å². The Bertz CT molecular complexity index is 599. The molecule has 118 valence electrons. The van der Waals surface area contributed by atoms with Gasteiger partial charge in [-0.3, -0.25) is 0 Å². The summed E-state index contributed by atoms with van der Waals surface area (Å²) in [6, 6.07) is 5.33. The molecule has 0 spiro atoms. The van der Waals surface area contributed by atoms with Gasteiger partial charge in [0.1, 0.15) is 0 Å². The molecule has 0 bridgehead atoms. The van der Waals surface area contributed by atoms with Gasteiger partial charge in [-0.05, 0) is 55.2 Å². The highest BCUT2D eigenvalue weighted by molar-refractivity contribution is 7.89. The first-order valence-electron chi connectivity index (χ1n) is 7.56. The topological polar surface area (TPSA) is 72.2 Å². The van der Waals surface area contributed by atoms with Crippen LogP contribution in [0, 0.1) is 12.3 Å². The smallest absolute Gasteiger partial charge is 0.241 e. The lowest BCUT2D eigenvalue weighted by molar-refractivity contribution is 0.218. The minimum Gasteiger partial charge on any atom is -0.326 e. The molecule has 0 aliphatic heterocycles. The molecular formula is C16H26N2O2S. The molecular weight excluding hydrogens is 284 g/mol. The van der Waals surface area contributed by atoms with Crippen molar-refractivity contribution in [2.45, 2.75) is 63.9 Å². The van der Waals surface area contributed by atoms with E-state index in [9.17, 15) is 8.42 Å². The van der Waals surface area contributed by atoms with Gasteiger partial charge in [0.2, 0.25) is 10.0 Å². The normalized spacial score (nSPS) is 19.6. The monoisotopic (exact) mass is 310 g/mol. The van der Waals surface area contributed by atoms with Gasteiger partial charge < -0.3 is 5.73 Å². The van der Waals surface area contributed by atoms with E-state index < -0.39 is 10.0 Å². The maximum absolute atomic E-state index is 12.6. The van der Waals surface area contributed by atoms with E-state index in [1.807, 2.05) is 13.0 Å². The Balaban J connectivity index is 2.16. The maximum atomic E-state index is 12.6. The van der Waals surface area contributed by atoms with E-state index in [0.717, 1.165) is 36.8 Å². The fraction of sp³-hybridized carbons (Fsp3) is 0.625. The lowest BCUT2D eigenvalue weighted by Crippen LogP contribution is -2.39. The molecule has 0 radical (unpaired) electrons. The summed E-state index contributed by atoms with van der Waals surface area (Å²) in [4.78, 5) is 0.357. The average Bonchev–Trinajstić information content (AvgIpc) is 2.41. The first kappa shape index (κ1) is 16.5. The van der Waals surface area contributed by atoms with E-state index in [0.29, 0.717) is 16.9 Å². The highest BCUT2D eigenvalue weighted by Gasteiger charge is 2.30. The Morgan fingerprint density at radius 2 is 1.90 bits per heavy atom. The van der Waals surface area contributed by atoms with Crippen LogP contribution in [0.5, 0.6) is 0 Å². The molecule has 0 heterocycles. The second-order valence-electron chi connectivity index (χ2n) is 6.80. The van der Waals surface area contributed by atoms with E-state index in [2.05, 4.69) is 18.6 Å². The summed E-state index contributed by atoms with van der Waals surface area (Å²) in [6.07, 6.45) is 3.92. The van der Waals surface area contributed by atoms with Crippen molar-refractivity contribution >= 4 is 10.0 Å². The molecule has 4 nitrogen and oxygen atoms in total. The molecule has 5 heteroatoms. The number of rotatable bonds is 4. The minimum atomic E-state index is -3.47. The second kappa shape index (κ2) is 6.07. The van der Waals surface area contributed by atoms with E-state index >= 15 is 0 Å². The second-order valence-corrected chi connectivity index (χ2v) is 8.49. The van der Waals surface area contributed by atoms with Crippen LogP contribution in [-0.4, -0.2) is 14.5 Å². The van der Waals surface area contributed by atoms with Gasteiger partial charge >= 0.3 is 0 Å². The van der Waals surface area contributed by atoms with Crippen LogP contribution in [0.3, 0.4) is 0 Å². The molecule has 0 unspecified atom stereocenters. The fourth-order valence-corrected chi connectivity index (χ4v) is 4.57. The molecule has 0 atom stereocenters. The zero-order chi connectivity index (χ0) is 15.7. The summed E-state index contributed by atoms with van der Waals surface area (Å²) in [5.74, 6) is 0. The van der Waals surface area contributed by atoms with Gasteiger partial charge in [-0.2, -0.15) is 0 Å².